The first-order chi connectivity index (χ1) is 8.41. The molecule has 0 bridgehead atoms. The maximum absolute atomic E-state index is 11.9. The zero-order chi connectivity index (χ0) is 13.7. The van der Waals surface area contributed by atoms with E-state index in [1.54, 1.807) is 17.7 Å². The topological polar surface area (TPSA) is 72.4 Å². The third-order valence-corrected chi connectivity index (χ3v) is 2.63. The van der Waals surface area contributed by atoms with E-state index in [9.17, 15) is 4.79 Å². The third kappa shape index (κ3) is 5.46. The van der Waals surface area contributed by atoms with Crippen molar-refractivity contribution in [1.29, 1.82) is 0 Å². The highest BCUT2D eigenvalue weighted by Gasteiger charge is 2.02. The number of aryl methyl sites for hydroxylation is 1. The van der Waals surface area contributed by atoms with E-state index in [2.05, 4.69) is 16.9 Å². The summed E-state index contributed by atoms with van der Waals surface area (Å²) >= 11 is 0. The molecule has 0 spiro atoms. The van der Waals surface area contributed by atoms with Crippen LogP contribution < -0.4 is 16.6 Å². The van der Waals surface area contributed by atoms with Crippen molar-refractivity contribution >= 4 is 29.9 Å². The Kier molecular flexibility index (Phi) is 7.43. The van der Waals surface area contributed by atoms with E-state index in [1.807, 2.05) is 19.9 Å². The van der Waals surface area contributed by atoms with Crippen LogP contribution in [-0.4, -0.2) is 17.1 Å². The second kappa shape index (κ2) is 7.98. The number of halogens is 1. The van der Waals surface area contributed by atoms with Crippen LogP contribution in [0, 0.1) is 6.92 Å². The summed E-state index contributed by atoms with van der Waals surface area (Å²) in [6, 6.07) is 3.68. The number of hydrogen-bond acceptors (Lipinski definition) is 2. The van der Waals surface area contributed by atoms with E-state index in [0.717, 1.165) is 11.3 Å². The van der Waals surface area contributed by atoms with Gasteiger partial charge in [0.2, 0.25) is 0 Å². The summed E-state index contributed by atoms with van der Waals surface area (Å²) in [6.07, 6.45) is 0. The second-order valence-corrected chi connectivity index (χ2v) is 4.38. The Morgan fingerprint density at radius 3 is 2.74 bits per heavy atom. The minimum Gasteiger partial charge on any atom is -0.370 e. The minimum absolute atomic E-state index is 0. The fourth-order valence-corrected chi connectivity index (χ4v) is 1.37. The van der Waals surface area contributed by atoms with Gasteiger partial charge in [-0.15, -0.1) is 24.0 Å². The van der Waals surface area contributed by atoms with Crippen LogP contribution in [0.15, 0.2) is 34.1 Å². The molecule has 1 heterocycles. The van der Waals surface area contributed by atoms with E-state index in [4.69, 9.17) is 5.73 Å². The van der Waals surface area contributed by atoms with E-state index < -0.39 is 0 Å². The molecule has 0 atom stereocenters. The van der Waals surface area contributed by atoms with Crippen LogP contribution >= 0.6 is 24.0 Å². The monoisotopic (exact) mass is 376 g/mol. The van der Waals surface area contributed by atoms with Crippen LogP contribution in [0.2, 0.25) is 0 Å². The number of nitrogens with one attached hydrogen (secondary N) is 1. The number of nitrogens with zero attached hydrogens (tertiary/aromatic N) is 2. The summed E-state index contributed by atoms with van der Waals surface area (Å²) in [5.41, 5.74) is 8.16. The standard InChI is InChI=1S/C13H20N4O.HI/c1-9(2)7-15-13(14)16-8-11-6-5-10(3)17(4)12(11)18;/h5-6H,1,7-8H2,2-4H3,(H3,14,15,16);1H. The molecule has 0 unspecified atom stereocenters. The Morgan fingerprint density at radius 1 is 1.53 bits per heavy atom. The van der Waals surface area contributed by atoms with Crippen molar-refractivity contribution in [3.8, 4) is 0 Å². The molecule has 106 valence electrons. The van der Waals surface area contributed by atoms with Crippen LogP contribution in [0.3, 0.4) is 0 Å². The van der Waals surface area contributed by atoms with Crippen molar-refractivity contribution in [2.45, 2.75) is 20.4 Å². The number of pyridine rings is 1. The fraction of sp³-hybridized carbons (Fsp3) is 0.385. The van der Waals surface area contributed by atoms with E-state index in [-0.39, 0.29) is 36.1 Å². The molecule has 0 saturated carbocycles. The molecule has 0 saturated heterocycles. The number of nitrogens with two attached hydrogens (primary N) is 1. The predicted molar refractivity (Wildman–Crippen MR) is 90.0 cm³/mol. The molecule has 0 aliphatic rings. The molecular weight excluding hydrogens is 355 g/mol. The maximum atomic E-state index is 11.9. The maximum Gasteiger partial charge on any atom is 0.255 e. The molecule has 6 heteroatoms. The first kappa shape index (κ1) is 17.7. The SMILES string of the molecule is C=C(C)CNC(N)=NCc1ccc(C)n(C)c1=O.I. The van der Waals surface area contributed by atoms with Gasteiger partial charge in [0.1, 0.15) is 0 Å². The van der Waals surface area contributed by atoms with Crippen molar-refractivity contribution in [2.75, 3.05) is 6.54 Å². The Morgan fingerprint density at radius 2 is 2.16 bits per heavy atom. The highest BCUT2D eigenvalue weighted by Crippen LogP contribution is 1.98. The second-order valence-electron chi connectivity index (χ2n) is 4.38. The summed E-state index contributed by atoms with van der Waals surface area (Å²) in [5, 5.41) is 2.92. The predicted octanol–water partition coefficient (Wildman–Crippen LogP) is 1.29. The molecule has 0 aliphatic heterocycles. The van der Waals surface area contributed by atoms with Crippen molar-refractivity contribution in [3.63, 3.8) is 0 Å². The number of aliphatic imine (C=N–C) groups is 1. The molecule has 0 radical (unpaired) electrons. The van der Waals surface area contributed by atoms with Crippen LogP contribution in [0.25, 0.3) is 0 Å². The van der Waals surface area contributed by atoms with E-state index in [0.29, 0.717) is 18.1 Å². The van der Waals surface area contributed by atoms with Gasteiger partial charge in [-0.05, 0) is 26.0 Å². The van der Waals surface area contributed by atoms with Crippen molar-refractivity contribution in [3.05, 3.63) is 45.9 Å². The minimum atomic E-state index is -0.0357. The highest BCUT2D eigenvalue weighted by atomic mass is 127. The Bertz CT molecular complexity index is 534. The van der Waals surface area contributed by atoms with Gasteiger partial charge in [0.05, 0.1) is 6.54 Å². The summed E-state index contributed by atoms with van der Waals surface area (Å²) in [6.45, 7) is 8.40. The van der Waals surface area contributed by atoms with Gasteiger partial charge >= 0.3 is 0 Å². The average molecular weight is 376 g/mol. The number of hydrogen-bond donors (Lipinski definition) is 2. The molecule has 5 nitrogen and oxygen atoms in total. The van der Waals surface area contributed by atoms with Crippen molar-refractivity contribution < 1.29 is 0 Å². The molecular formula is C13H21IN4O. The molecule has 1 aromatic heterocycles. The largest absolute Gasteiger partial charge is 0.370 e. The molecule has 19 heavy (non-hydrogen) atoms. The van der Waals surface area contributed by atoms with Gasteiger partial charge in [-0.25, -0.2) is 4.99 Å². The van der Waals surface area contributed by atoms with Crippen molar-refractivity contribution in [1.82, 2.24) is 9.88 Å². The molecule has 0 amide bonds. The summed E-state index contributed by atoms with van der Waals surface area (Å²) in [5.74, 6) is 0.320. The van der Waals surface area contributed by atoms with Gasteiger partial charge < -0.3 is 15.6 Å². The number of guanidine groups is 1. The number of aromatic nitrogens is 1. The quantitative estimate of drug-likeness (QED) is 0.360. The first-order valence-electron chi connectivity index (χ1n) is 5.75. The smallest absolute Gasteiger partial charge is 0.255 e. The summed E-state index contributed by atoms with van der Waals surface area (Å²) in [4.78, 5) is 16.0. The zero-order valence-corrected chi connectivity index (χ0v) is 13.9. The lowest BCUT2D eigenvalue weighted by Gasteiger charge is -2.07. The Balaban J connectivity index is 0.00000324. The van der Waals surface area contributed by atoms with Crippen LogP contribution in [-0.2, 0) is 13.6 Å². The van der Waals surface area contributed by atoms with Crippen molar-refractivity contribution in [2.24, 2.45) is 17.8 Å². The molecule has 0 fully saturated rings. The van der Waals surface area contributed by atoms with Crippen LogP contribution in [0.4, 0.5) is 0 Å². The Labute approximate surface area is 130 Å². The van der Waals surface area contributed by atoms with Gasteiger partial charge in [0.15, 0.2) is 5.96 Å². The Hall–Kier alpha value is -1.31. The number of rotatable bonds is 4. The summed E-state index contributed by atoms with van der Waals surface area (Å²) in [7, 11) is 1.74. The van der Waals surface area contributed by atoms with Gasteiger partial charge in [0.25, 0.3) is 5.56 Å². The molecule has 3 N–H and O–H groups in total. The average Bonchev–Trinajstić information content (AvgIpc) is 2.32. The fourth-order valence-electron chi connectivity index (χ4n) is 1.37. The molecule has 0 aliphatic carbocycles. The molecule has 0 aromatic carbocycles. The van der Waals surface area contributed by atoms with E-state index in [1.165, 1.54) is 0 Å². The van der Waals surface area contributed by atoms with Gasteiger partial charge in [0, 0.05) is 24.8 Å². The lowest BCUT2D eigenvalue weighted by Crippen LogP contribution is -2.33. The molecule has 1 aromatic rings. The van der Waals surface area contributed by atoms with Gasteiger partial charge in [-0.2, -0.15) is 0 Å². The van der Waals surface area contributed by atoms with Gasteiger partial charge in [-0.1, -0.05) is 12.2 Å². The lowest BCUT2D eigenvalue weighted by atomic mass is 10.2. The van der Waals surface area contributed by atoms with Crippen LogP contribution in [0.5, 0.6) is 0 Å². The normalized spacial score (nSPS) is 10.8. The lowest BCUT2D eigenvalue weighted by molar-refractivity contribution is 0.793. The zero-order valence-electron chi connectivity index (χ0n) is 11.6. The highest BCUT2D eigenvalue weighted by molar-refractivity contribution is 14.0. The van der Waals surface area contributed by atoms with Crippen LogP contribution in [0.1, 0.15) is 18.2 Å². The first-order valence-corrected chi connectivity index (χ1v) is 5.75. The third-order valence-electron chi connectivity index (χ3n) is 2.63. The molecule has 1 rings (SSSR count). The van der Waals surface area contributed by atoms with Gasteiger partial charge in [-0.3, -0.25) is 4.79 Å². The summed E-state index contributed by atoms with van der Waals surface area (Å²) < 4.78 is 1.60. The van der Waals surface area contributed by atoms with E-state index >= 15 is 0 Å².